The number of nitrogens with zero attached hydrogens (tertiary/aromatic N) is 1. The molecule has 0 amide bonds. The monoisotopic (exact) mass is 374 g/mol. The van der Waals surface area contributed by atoms with Gasteiger partial charge in [-0.25, -0.2) is 0 Å². The van der Waals surface area contributed by atoms with E-state index in [2.05, 4.69) is 20.9 Å². The van der Waals surface area contributed by atoms with Crippen LogP contribution in [-0.4, -0.2) is 75.5 Å². The van der Waals surface area contributed by atoms with Crippen molar-refractivity contribution in [3.05, 3.63) is 0 Å². The predicted molar refractivity (Wildman–Crippen MR) is 107 cm³/mol. The van der Waals surface area contributed by atoms with E-state index in [4.69, 9.17) is 4.74 Å². The van der Waals surface area contributed by atoms with Crippen LogP contribution in [0.3, 0.4) is 0 Å². The Balaban J connectivity index is 1.22. The van der Waals surface area contributed by atoms with Crippen LogP contribution in [0.4, 0.5) is 0 Å². The third-order valence-electron chi connectivity index (χ3n) is 9.18. The zero-order valence-corrected chi connectivity index (χ0v) is 16.8. The molecule has 0 spiro atoms. The van der Waals surface area contributed by atoms with Gasteiger partial charge in [-0.05, 0) is 87.4 Å². The van der Waals surface area contributed by atoms with Gasteiger partial charge >= 0.3 is 0 Å². The Morgan fingerprint density at radius 3 is 2.63 bits per heavy atom. The van der Waals surface area contributed by atoms with E-state index in [1.54, 1.807) is 0 Å². The minimum absolute atomic E-state index is 0.456. The van der Waals surface area contributed by atoms with Crippen LogP contribution < -0.4 is 16.0 Å². The lowest BCUT2D eigenvalue weighted by Gasteiger charge is -2.60. The van der Waals surface area contributed by atoms with E-state index in [9.17, 15) is 0 Å². The van der Waals surface area contributed by atoms with Crippen molar-refractivity contribution >= 4 is 0 Å². The number of hydrogen-bond acceptors (Lipinski definition) is 5. The number of likely N-dealkylation sites (tertiary alicyclic amines) is 1. The first-order valence-electron chi connectivity index (χ1n) is 11.8. The van der Waals surface area contributed by atoms with E-state index in [1.165, 1.54) is 77.9 Å². The summed E-state index contributed by atoms with van der Waals surface area (Å²) < 4.78 is 6.11. The molecule has 7 unspecified atom stereocenters. The Morgan fingerprint density at radius 2 is 1.74 bits per heavy atom. The summed E-state index contributed by atoms with van der Waals surface area (Å²) in [5.41, 5.74) is 0.456. The minimum atomic E-state index is 0.456. The first-order chi connectivity index (χ1) is 13.3. The summed E-state index contributed by atoms with van der Waals surface area (Å²) in [7, 11) is 0. The van der Waals surface area contributed by atoms with Crippen LogP contribution in [0.5, 0.6) is 0 Å². The van der Waals surface area contributed by atoms with Gasteiger partial charge in [-0.15, -0.1) is 0 Å². The van der Waals surface area contributed by atoms with Crippen molar-refractivity contribution < 1.29 is 4.74 Å². The quantitative estimate of drug-likeness (QED) is 0.671. The molecule has 0 aromatic heterocycles. The summed E-state index contributed by atoms with van der Waals surface area (Å²) in [6.07, 6.45) is 7.19. The fourth-order valence-electron chi connectivity index (χ4n) is 8.06. The largest absolute Gasteiger partial charge is 0.381 e. The molecule has 5 heteroatoms. The van der Waals surface area contributed by atoms with Crippen molar-refractivity contribution in [3.63, 3.8) is 0 Å². The molecule has 5 saturated heterocycles. The molecule has 6 bridgehead atoms. The van der Waals surface area contributed by atoms with Crippen molar-refractivity contribution in [2.75, 3.05) is 59.0 Å². The van der Waals surface area contributed by atoms with Crippen molar-refractivity contribution in [1.29, 1.82) is 0 Å². The standard InChI is InChI=1S/C22H38N4O/c1-2-15-5-22(3-1,14-24-6-15)26-10-18-12-27-13-19(11-26)20(18)21-17-4-16(8-25-21)7-23-9-17/h15-21,23-25H,1-14H2. The Hall–Kier alpha value is -0.200. The summed E-state index contributed by atoms with van der Waals surface area (Å²) >= 11 is 0. The normalized spacial score (nSPS) is 53.1. The number of ether oxygens (including phenoxy) is 1. The highest BCUT2D eigenvalue weighted by molar-refractivity contribution is 5.07. The van der Waals surface area contributed by atoms with Crippen LogP contribution in [0.1, 0.15) is 32.1 Å². The second-order valence-electron chi connectivity index (χ2n) is 10.8. The van der Waals surface area contributed by atoms with Crippen LogP contribution in [0, 0.1) is 35.5 Å². The van der Waals surface area contributed by atoms with E-state index in [0.717, 1.165) is 54.8 Å². The van der Waals surface area contributed by atoms with Gasteiger partial charge in [0.2, 0.25) is 0 Å². The molecule has 0 aromatic carbocycles. The third-order valence-corrected chi connectivity index (χ3v) is 9.18. The molecule has 6 aliphatic rings. The Kier molecular flexibility index (Phi) is 4.54. The van der Waals surface area contributed by atoms with Crippen LogP contribution >= 0.6 is 0 Å². The van der Waals surface area contributed by atoms with Gasteiger partial charge in [0.15, 0.2) is 0 Å². The number of fused-ring (bicyclic) bond motifs is 6. The third kappa shape index (κ3) is 3.00. The first-order valence-corrected chi connectivity index (χ1v) is 11.8. The average molecular weight is 375 g/mol. The van der Waals surface area contributed by atoms with Gasteiger partial charge < -0.3 is 20.7 Å². The zero-order valence-electron chi connectivity index (χ0n) is 16.8. The smallest absolute Gasteiger partial charge is 0.0510 e. The summed E-state index contributed by atoms with van der Waals surface area (Å²) in [4.78, 5) is 2.95. The Bertz CT molecular complexity index is 532. The van der Waals surface area contributed by atoms with Gasteiger partial charge in [0.25, 0.3) is 0 Å². The van der Waals surface area contributed by atoms with Gasteiger partial charge in [-0.2, -0.15) is 0 Å². The molecule has 1 aliphatic carbocycles. The van der Waals surface area contributed by atoms with E-state index >= 15 is 0 Å². The minimum Gasteiger partial charge on any atom is -0.381 e. The summed E-state index contributed by atoms with van der Waals surface area (Å²) in [6.45, 7) is 10.7. The maximum Gasteiger partial charge on any atom is 0.0510 e. The van der Waals surface area contributed by atoms with Gasteiger partial charge in [0.1, 0.15) is 0 Å². The number of nitrogens with one attached hydrogen (secondary N) is 3. The second kappa shape index (κ2) is 6.94. The summed E-state index contributed by atoms with van der Waals surface area (Å²) in [5, 5.41) is 11.5. The highest BCUT2D eigenvalue weighted by atomic mass is 16.5. The van der Waals surface area contributed by atoms with Crippen molar-refractivity contribution in [3.8, 4) is 0 Å². The van der Waals surface area contributed by atoms with Crippen molar-refractivity contribution in [1.82, 2.24) is 20.9 Å². The van der Waals surface area contributed by atoms with Crippen molar-refractivity contribution in [2.45, 2.75) is 43.7 Å². The molecule has 0 aromatic rings. The van der Waals surface area contributed by atoms with E-state index < -0.39 is 0 Å². The fraction of sp³-hybridized carbons (Fsp3) is 1.00. The van der Waals surface area contributed by atoms with Gasteiger partial charge in [-0.3, -0.25) is 4.90 Å². The molecule has 5 nitrogen and oxygen atoms in total. The maximum atomic E-state index is 6.11. The molecular formula is C22H38N4O. The Morgan fingerprint density at radius 1 is 0.889 bits per heavy atom. The Labute approximate surface area is 164 Å². The number of hydrogen-bond donors (Lipinski definition) is 3. The molecule has 6 fully saturated rings. The van der Waals surface area contributed by atoms with E-state index in [1.807, 2.05) is 0 Å². The average Bonchev–Trinajstić information content (AvgIpc) is 2.68. The number of piperidine rings is 4. The summed E-state index contributed by atoms with van der Waals surface area (Å²) in [5.74, 6) is 4.91. The molecule has 1 saturated carbocycles. The molecular weight excluding hydrogens is 336 g/mol. The van der Waals surface area contributed by atoms with Gasteiger partial charge in [0.05, 0.1) is 13.2 Å². The lowest BCUT2D eigenvalue weighted by Crippen LogP contribution is -2.69. The fourth-order valence-corrected chi connectivity index (χ4v) is 8.06. The SMILES string of the molecule is C1CC2CNCC(N3CC4COCC(C3)C4C3NCC4CNCC3C4)(C1)C2. The van der Waals surface area contributed by atoms with Crippen molar-refractivity contribution in [2.24, 2.45) is 35.5 Å². The van der Waals surface area contributed by atoms with Gasteiger partial charge in [0, 0.05) is 31.2 Å². The molecule has 7 atom stereocenters. The lowest BCUT2D eigenvalue weighted by molar-refractivity contribution is -0.138. The molecule has 6 rings (SSSR count). The molecule has 3 N–H and O–H groups in total. The molecule has 5 heterocycles. The molecule has 5 aliphatic heterocycles. The van der Waals surface area contributed by atoms with Crippen LogP contribution in [-0.2, 0) is 4.74 Å². The van der Waals surface area contributed by atoms with Crippen LogP contribution in [0.15, 0.2) is 0 Å². The highest BCUT2D eigenvalue weighted by Crippen LogP contribution is 2.46. The lowest BCUT2D eigenvalue weighted by atomic mass is 9.64. The molecule has 0 radical (unpaired) electrons. The topological polar surface area (TPSA) is 48.6 Å². The van der Waals surface area contributed by atoms with Crippen LogP contribution in [0.2, 0.25) is 0 Å². The second-order valence-corrected chi connectivity index (χ2v) is 10.8. The van der Waals surface area contributed by atoms with E-state index in [-0.39, 0.29) is 0 Å². The predicted octanol–water partition coefficient (Wildman–Crippen LogP) is 0.911. The van der Waals surface area contributed by atoms with Gasteiger partial charge in [-0.1, -0.05) is 6.42 Å². The molecule has 152 valence electrons. The first kappa shape index (κ1) is 17.6. The van der Waals surface area contributed by atoms with Crippen LogP contribution in [0.25, 0.3) is 0 Å². The van der Waals surface area contributed by atoms with E-state index in [0.29, 0.717) is 5.54 Å². The maximum absolute atomic E-state index is 6.11. The zero-order chi connectivity index (χ0) is 17.8. The summed E-state index contributed by atoms with van der Waals surface area (Å²) in [6, 6.07) is 0.719. The highest BCUT2D eigenvalue weighted by Gasteiger charge is 2.52. The number of rotatable bonds is 2. The molecule has 27 heavy (non-hydrogen) atoms.